The number of rotatable bonds is 4. The van der Waals surface area contributed by atoms with Gasteiger partial charge in [0.05, 0.1) is 18.1 Å². The molecule has 2 fully saturated rings. The van der Waals surface area contributed by atoms with Crippen LogP contribution in [0.2, 0.25) is 0 Å². The molecule has 8 heteroatoms. The fraction of sp³-hybridized carbons (Fsp3) is 0.450. The molecule has 1 aromatic carbocycles. The maximum atomic E-state index is 12.5. The van der Waals surface area contributed by atoms with Gasteiger partial charge in [-0.1, -0.05) is 12.1 Å². The molecule has 0 bridgehead atoms. The molecular formula is C20H24N2O5S. The van der Waals surface area contributed by atoms with Crippen molar-refractivity contribution in [1.82, 2.24) is 4.90 Å². The lowest BCUT2D eigenvalue weighted by Crippen LogP contribution is -2.37. The van der Waals surface area contributed by atoms with Crippen molar-refractivity contribution in [3.8, 4) is 0 Å². The lowest BCUT2D eigenvalue weighted by molar-refractivity contribution is -0.156. The first-order valence-electron chi connectivity index (χ1n) is 9.13. The van der Waals surface area contributed by atoms with E-state index >= 15 is 0 Å². The number of esters is 1. The highest BCUT2D eigenvalue weighted by Gasteiger charge is 2.37. The molecule has 28 heavy (non-hydrogen) atoms. The minimum absolute atomic E-state index is 0.299. The molecule has 0 atom stereocenters. The Morgan fingerprint density at radius 1 is 1.18 bits per heavy atom. The lowest BCUT2D eigenvalue weighted by Gasteiger charge is -2.28. The molecule has 2 aliphatic rings. The zero-order valence-corrected chi connectivity index (χ0v) is 17.1. The van der Waals surface area contributed by atoms with E-state index in [1.807, 2.05) is 24.3 Å². The van der Waals surface area contributed by atoms with Crippen molar-refractivity contribution in [1.29, 1.82) is 0 Å². The van der Waals surface area contributed by atoms with Gasteiger partial charge in [0.1, 0.15) is 12.1 Å². The number of imide groups is 1. The van der Waals surface area contributed by atoms with Crippen LogP contribution in [0.1, 0.15) is 26.3 Å². The average molecular weight is 404 g/mol. The summed E-state index contributed by atoms with van der Waals surface area (Å²) in [5.41, 5.74) is 1.25. The molecule has 1 aromatic rings. The number of anilines is 1. The summed E-state index contributed by atoms with van der Waals surface area (Å²) in [6.07, 6.45) is 1.67. The minimum atomic E-state index is -0.670. The third kappa shape index (κ3) is 5.14. The average Bonchev–Trinajstić information content (AvgIpc) is 2.89. The Morgan fingerprint density at radius 3 is 2.43 bits per heavy atom. The summed E-state index contributed by atoms with van der Waals surface area (Å²) < 4.78 is 10.6. The smallest absolute Gasteiger partial charge is 0.326 e. The Balaban J connectivity index is 1.66. The van der Waals surface area contributed by atoms with Crippen molar-refractivity contribution in [2.24, 2.45) is 0 Å². The van der Waals surface area contributed by atoms with Crippen molar-refractivity contribution < 1.29 is 23.9 Å². The summed E-state index contributed by atoms with van der Waals surface area (Å²) in [5.74, 6) is -1.08. The van der Waals surface area contributed by atoms with Gasteiger partial charge in [0, 0.05) is 18.8 Å². The molecule has 2 amide bonds. The van der Waals surface area contributed by atoms with Gasteiger partial charge >= 0.3 is 5.97 Å². The SMILES string of the molecule is CC(C)(C)OC(=O)CN1C(=O)S/C(=C/c2ccc(N3CCOCC3)cc2)C1=O. The standard InChI is InChI=1S/C20H24N2O5S/c1-20(2,3)27-17(23)13-22-18(24)16(28-19(22)25)12-14-4-6-15(7-5-14)21-8-10-26-11-9-21/h4-7,12H,8-11,13H2,1-3H3/b16-12+. The number of carbonyl (C=O) groups is 3. The fourth-order valence-electron chi connectivity index (χ4n) is 2.89. The molecule has 0 spiro atoms. The Bertz CT molecular complexity index is 792. The summed E-state index contributed by atoms with van der Waals surface area (Å²) in [7, 11) is 0. The summed E-state index contributed by atoms with van der Waals surface area (Å²) in [5, 5.41) is -0.466. The van der Waals surface area contributed by atoms with Crippen LogP contribution in [0.25, 0.3) is 6.08 Å². The van der Waals surface area contributed by atoms with Crippen molar-refractivity contribution in [3.63, 3.8) is 0 Å². The van der Waals surface area contributed by atoms with Crippen LogP contribution in [0.15, 0.2) is 29.2 Å². The van der Waals surface area contributed by atoms with Crippen LogP contribution in [-0.4, -0.2) is 60.5 Å². The molecule has 0 aromatic heterocycles. The molecule has 2 aliphatic heterocycles. The third-order valence-corrected chi connectivity index (χ3v) is 5.06. The predicted molar refractivity (Wildman–Crippen MR) is 108 cm³/mol. The van der Waals surface area contributed by atoms with Gasteiger partial charge in [-0.2, -0.15) is 0 Å². The van der Waals surface area contributed by atoms with Gasteiger partial charge in [-0.15, -0.1) is 0 Å². The number of thioether (sulfide) groups is 1. The zero-order valence-electron chi connectivity index (χ0n) is 16.3. The topological polar surface area (TPSA) is 76.2 Å². The molecule has 7 nitrogen and oxygen atoms in total. The van der Waals surface area contributed by atoms with Crippen molar-refractivity contribution in [2.45, 2.75) is 26.4 Å². The third-order valence-electron chi connectivity index (χ3n) is 4.15. The number of carbonyl (C=O) groups excluding carboxylic acids is 3. The Morgan fingerprint density at radius 2 is 1.82 bits per heavy atom. The van der Waals surface area contributed by atoms with E-state index in [1.165, 1.54) is 0 Å². The van der Waals surface area contributed by atoms with Crippen LogP contribution < -0.4 is 4.90 Å². The van der Waals surface area contributed by atoms with E-state index in [-0.39, 0.29) is 6.54 Å². The van der Waals surface area contributed by atoms with Gasteiger partial charge in [0.15, 0.2) is 0 Å². The van der Waals surface area contributed by atoms with Crippen molar-refractivity contribution in [3.05, 3.63) is 34.7 Å². The second kappa shape index (κ2) is 8.36. The van der Waals surface area contributed by atoms with Gasteiger partial charge in [0.2, 0.25) is 0 Å². The summed E-state index contributed by atoms with van der Waals surface area (Å²) in [6.45, 7) is 7.96. The van der Waals surface area contributed by atoms with Crippen LogP contribution in [0, 0.1) is 0 Å². The molecule has 0 N–H and O–H groups in total. The Labute approximate surface area is 168 Å². The van der Waals surface area contributed by atoms with Crippen LogP contribution in [-0.2, 0) is 19.1 Å². The van der Waals surface area contributed by atoms with Gasteiger partial charge in [-0.3, -0.25) is 19.3 Å². The van der Waals surface area contributed by atoms with E-state index in [2.05, 4.69) is 4.90 Å². The predicted octanol–water partition coefficient (Wildman–Crippen LogP) is 2.90. The number of hydrogen-bond donors (Lipinski definition) is 0. The molecule has 2 saturated heterocycles. The highest BCUT2D eigenvalue weighted by Crippen LogP contribution is 2.32. The number of nitrogens with zero attached hydrogens (tertiary/aromatic N) is 2. The van der Waals surface area contributed by atoms with Gasteiger partial charge in [0.25, 0.3) is 11.1 Å². The first-order chi connectivity index (χ1) is 13.2. The molecule has 0 unspecified atom stereocenters. The van der Waals surface area contributed by atoms with Crippen molar-refractivity contribution >= 4 is 40.6 Å². The summed E-state index contributed by atoms with van der Waals surface area (Å²) in [6, 6.07) is 7.80. The highest BCUT2D eigenvalue weighted by atomic mass is 32.2. The molecule has 150 valence electrons. The zero-order chi connectivity index (χ0) is 20.3. The molecular weight excluding hydrogens is 380 g/mol. The number of morpholine rings is 1. The van der Waals surface area contributed by atoms with E-state index in [0.29, 0.717) is 18.1 Å². The number of ether oxygens (including phenoxy) is 2. The summed E-state index contributed by atoms with van der Waals surface area (Å²) >= 11 is 0.833. The van der Waals surface area contributed by atoms with Gasteiger partial charge in [-0.25, -0.2) is 0 Å². The highest BCUT2D eigenvalue weighted by molar-refractivity contribution is 8.18. The monoisotopic (exact) mass is 404 g/mol. The molecule has 0 aliphatic carbocycles. The molecule has 3 rings (SSSR count). The van der Waals surface area contributed by atoms with E-state index < -0.39 is 22.7 Å². The molecule has 2 heterocycles. The van der Waals surface area contributed by atoms with Crippen molar-refractivity contribution in [2.75, 3.05) is 37.7 Å². The first-order valence-corrected chi connectivity index (χ1v) is 9.94. The Hall–Kier alpha value is -2.32. The number of benzene rings is 1. The lowest BCUT2D eigenvalue weighted by atomic mass is 10.1. The van der Waals surface area contributed by atoms with Crippen LogP contribution in [0.3, 0.4) is 0 Å². The van der Waals surface area contributed by atoms with E-state index in [1.54, 1.807) is 26.8 Å². The molecule has 0 saturated carbocycles. The van der Waals surface area contributed by atoms with E-state index in [4.69, 9.17) is 9.47 Å². The second-order valence-corrected chi connectivity index (χ2v) is 8.54. The van der Waals surface area contributed by atoms with E-state index in [9.17, 15) is 14.4 Å². The van der Waals surface area contributed by atoms with Gasteiger partial charge in [-0.05, 0) is 56.3 Å². The van der Waals surface area contributed by atoms with Gasteiger partial charge < -0.3 is 14.4 Å². The minimum Gasteiger partial charge on any atom is -0.459 e. The van der Waals surface area contributed by atoms with Crippen LogP contribution in [0.5, 0.6) is 0 Å². The maximum Gasteiger partial charge on any atom is 0.326 e. The first kappa shape index (κ1) is 20.4. The van der Waals surface area contributed by atoms with Crippen LogP contribution in [0.4, 0.5) is 10.5 Å². The molecule has 0 radical (unpaired) electrons. The quantitative estimate of drug-likeness (QED) is 0.564. The normalized spacial score (nSPS) is 19.5. The largest absolute Gasteiger partial charge is 0.459 e. The van der Waals surface area contributed by atoms with E-state index in [0.717, 1.165) is 41.0 Å². The number of hydrogen-bond acceptors (Lipinski definition) is 7. The maximum absolute atomic E-state index is 12.5. The second-order valence-electron chi connectivity index (χ2n) is 7.55. The summed E-state index contributed by atoms with van der Waals surface area (Å²) in [4.78, 5) is 40.1. The Kier molecular flexibility index (Phi) is 6.10. The fourth-order valence-corrected chi connectivity index (χ4v) is 3.73. The number of amides is 2. The van der Waals surface area contributed by atoms with Crippen LogP contribution >= 0.6 is 11.8 Å².